The van der Waals surface area contributed by atoms with Gasteiger partial charge >= 0.3 is 0 Å². The summed E-state index contributed by atoms with van der Waals surface area (Å²) in [6.45, 7) is 4.50. The number of hydrogen-bond donors (Lipinski definition) is 3. The lowest BCUT2D eigenvalue weighted by Gasteiger charge is -2.37. The topological polar surface area (TPSA) is 81.2 Å². The zero-order valence-electron chi connectivity index (χ0n) is 31.2. The fraction of sp³-hybridized carbons (Fsp3) is 0.925. The minimum absolute atomic E-state index is 0.553. The molecule has 4 saturated carbocycles. The smallest absolute Gasteiger partial charge is 0.232 e. The minimum Gasteiger partial charge on any atom is -0.357 e. The van der Waals surface area contributed by atoms with Crippen molar-refractivity contribution in [3.05, 3.63) is 0 Å². The largest absolute Gasteiger partial charge is 0.357 e. The summed E-state index contributed by atoms with van der Waals surface area (Å²) in [4.78, 5) is 20.7. The molecule has 4 aliphatic carbocycles. The highest BCUT2D eigenvalue weighted by Crippen LogP contribution is 2.31. The fourth-order valence-corrected chi connectivity index (χ4v) is 9.15. The third kappa shape index (κ3) is 12.9. The molecule has 1 heterocycles. The third-order valence-corrected chi connectivity index (χ3v) is 12.1. The van der Waals surface area contributed by atoms with Crippen molar-refractivity contribution in [1.82, 2.24) is 25.6 Å². The van der Waals surface area contributed by atoms with Crippen molar-refractivity contribution in [2.24, 2.45) is 0 Å². The molecule has 274 valence electrons. The van der Waals surface area contributed by atoms with E-state index in [4.69, 9.17) is 15.0 Å². The normalized spacial score (nSPS) is 20.6. The van der Waals surface area contributed by atoms with Crippen LogP contribution in [0.15, 0.2) is 0 Å². The van der Waals surface area contributed by atoms with Gasteiger partial charge in [-0.2, -0.15) is 15.0 Å². The zero-order valence-corrected chi connectivity index (χ0v) is 31.2. The van der Waals surface area contributed by atoms with Gasteiger partial charge in [-0.15, -0.1) is 0 Å². The number of anilines is 3. The molecule has 1 aromatic rings. The first-order chi connectivity index (χ1) is 23.8. The quantitative estimate of drug-likeness (QED) is 0.112. The molecule has 5 rings (SSSR count). The molecule has 0 unspecified atom stereocenters. The van der Waals surface area contributed by atoms with Crippen LogP contribution in [0.2, 0.25) is 0 Å². The number of hydrogen-bond acceptors (Lipinski definition) is 8. The molecule has 1 aromatic heterocycles. The van der Waals surface area contributed by atoms with Crippen LogP contribution < -0.4 is 25.8 Å². The van der Waals surface area contributed by atoms with Crippen LogP contribution in [-0.4, -0.2) is 72.3 Å². The Hall–Kier alpha value is -1.67. The number of nitrogens with zero attached hydrogens (tertiary/aromatic N) is 5. The van der Waals surface area contributed by atoms with Gasteiger partial charge in [0, 0.05) is 44.3 Å². The second kappa shape index (κ2) is 22.2. The molecule has 4 aliphatic rings. The van der Waals surface area contributed by atoms with E-state index in [0.29, 0.717) is 12.1 Å². The third-order valence-electron chi connectivity index (χ3n) is 12.1. The maximum absolute atomic E-state index is 5.36. The lowest BCUT2D eigenvalue weighted by Crippen LogP contribution is -2.41. The summed E-state index contributed by atoms with van der Waals surface area (Å²) in [5, 5.41) is 11.0. The first kappa shape index (κ1) is 37.6. The molecule has 0 saturated heterocycles. The van der Waals surface area contributed by atoms with Crippen molar-refractivity contribution in [3.63, 3.8) is 0 Å². The van der Waals surface area contributed by atoms with Crippen LogP contribution in [0.1, 0.15) is 180 Å². The van der Waals surface area contributed by atoms with Gasteiger partial charge in [-0.1, -0.05) is 103 Å². The molecule has 0 aliphatic heterocycles. The highest BCUT2D eigenvalue weighted by atomic mass is 15.4. The Bertz CT molecular complexity index is 894. The molecule has 0 amide bonds. The highest BCUT2D eigenvalue weighted by molar-refractivity contribution is 5.46. The Morgan fingerprint density at radius 2 is 0.833 bits per heavy atom. The summed E-state index contributed by atoms with van der Waals surface area (Å²) in [7, 11) is 1.97. The van der Waals surface area contributed by atoms with E-state index < -0.39 is 0 Å². The maximum Gasteiger partial charge on any atom is 0.232 e. The number of unbranched alkanes of at least 4 members (excludes halogenated alkanes) is 6. The van der Waals surface area contributed by atoms with Crippen LogP contribution in [-0.2, 0) is 0 Å². The first-order valence-electron chi connectivity index (χ1n) is 21.2. The van der Waals surface area contributed by atoms with Gasteiger partial charge in [-0.25, -0.2) is 0 Å². The van der Waals surface area contributed by atoms with Crippen molar-refractivity contribution < 1.29 is 0 Å². The van der Waals surface area contributed by atoms with Gasteiger partial charge in [-0.05, 0) is 90.1 Å². The van der Waals surface area contributed by atoms with E-state index >= 15 is 0 Å². The summed E-state index contributed by atoms with van der Waals surface area (Å²) in [5.74, 6) is 2.58. The van der Waals surface area contributed by atoms with Gasteiger partial charge in [0.2, 0.25) is 17.8 Å². The van der Waals surface area contributed by atoms with Crippen molar-refractivity contribution in [3.8, 4) is 0 Å². The van der Waals surface area contributed by atoms with E-state index in [2.05, 4.69) is 25.8 Å². The first-order valence-corrected chi connectivity index (χ1v) is 21.2. The Balaban J connectivity index is 1.16. The van der Waals surface area contributed by atoms with E-state index in [1.54, 1.807) is 0 Å². The summed E-state index contributed by atoms with van der Waals surface area (Å²) in [6, 6.07) is 2.66. The molecule has 0 spiro atoms. The molecule has 4 fully saturated rings. The van der Waals surface area contributed by atoms with Gasteiger partial charge in [0.1, 0.15) is 0 Å². The van der Waals surface area contributed by atoms with E-state index in [-0.39, 0.29) is 0 Å². The molecular weight excluding hydrogens is 592 g/mol. The average Bonchev–Trinajstić information content (AvgIpc) is 3.15. The fourth-order valence-electron chi connectivity index (χ4n) is 9.15. The molecular formula is C40H74N8. The van der Waals surface area contributed by atoms with Crippen molar-refractivity contribution in [2.45, 2.75) is 204 Å². The molecule has 48 heavy (non-hydrogen) atoms. The Kier molecular flexibility index (Phi) is 17.4. The molecule has 8 nitrogen and oxygen atoms in total. The van der Waals surface area contributed by atoms with Crippen molar-refractivity contribution in [2.75, 3.05) is 48.3 Å². The summed E-state index contributed by atoms with van der Waals surface area (Å²) in [6.07, 6.45) is 37.4. The molecule has 3 N–H and O–H groups in total. The SMILES string of the molecule is CNc1nc(N(CCCCCCNC2CCCCC2)C2CCCCC2)nc(N(CCCCCCNC2CCCCC2)C2CCCCC2)n1. The van der Waals surface area contributed by atoms with Crippen LogP contribution in [0.3, 0.4) is 0 Å². The molecule has 0 aromatic carbocycles. The van der Waals surface area contributed by atoms with Crippen molar-refractivity contribution in [1.29, 1.82) is 0 Å². The van der Waals surface area contributed by atoms with E-state index in [1.165, 1.54) is 193 Å². The van der Waals surface area contributed by atoms with Gasteiger partial charge < -0.3 is 25.8 Å². The van der Waals surface area contributed by atoms with Crippen LogP contribution in [0.5, 0.6) is 0 Å². The Morgan fingerprint density at radius 3 is 1.23 bits per heavy atom. The Labute approximate surface area is 295 Å². The predicted molar refractivity (Wildman–Crippen MR) is 204 cm³/mol. The average molecular weight is 667 g/mol. The van der Waals surface area contributed by atoms with Gasteiger partial charge in [-0.3, -0.25) is 0 Å². The number of nitrogens with one attached hydrogen (secondary N) is 3. The van der Waals surface area contributed by atoms with E-state index in [9.17, 15) is 0 Å². The molecule has 0 radical (unpaired) electrons. The molecule has 8 heteroatoms. The molecule has 0 atom stereocenters. The second-order valence-corrected chi connectivity index (χ2v) is 15.9. The number of rotatable bonds is 21. The zero-order chi connectivity index (χ0) is 33.1. The second-order valence-electron chi connectivity index (χ2n) is 15.9. The van der Waals surface area contributed by atoms with Crippen LogP contribution >= 0.6 is 0 Å². The van der Waals surface area contributed by atoms with Crippen LogP contribution in [0, 0.1) is 0 Å². The summed E-state index contributed by atoms with van der Waals surface area (Å²) >= 11 is 0. The maximum atomic E-state index is 5.36. The van der Waals surface area contributed by atoms with Gasteiger partial charge in [0.15, 0.2) is 0 Å². The van der Waals surface area contributed by atoms with Crippen LogP contribution in [0.4, 0.5) is 17.8 Å². The van der Waals surface area contributed by atoms with Crippen LogP contribution in [0.25, 0.3) is 0 Å². The highest BCUT2D eigenvalue weighted by Gasteiger charge is 2.28. The number of aromatic nitrogens is 3. The Morgan fingerprint density at radius 1 is 0.458 bits per heavy atom. The molecule has 0 bridgehead atoms. The predicted octanol–water partition coefficient (Wildman–Crippen LogP) is 9.16. The van der Waals surface area contributed by atoms with E-state index in [0.717, 1.165) is 43.0 Å². The lowest BCUT2D eigenvalue weighted by atomic mass is 9.94. The van der Waals surface area contributed by atoms with Crippen molar-refractivity contribution >= 4 is 17.8 Å². The van der Waals surface area contributed by atoms with E-state index in [1.807, 2.05) is 7.05 Å². The standard InChI is InChI=1S/C40H74N8/c1-41-38-44-39(47(36-26-14-8-15-27-36)32-20-4-2-18-30-42-34-22-10-6-11-23-34)46-40(45-38)48(37-28-16-9-17-29-37)33-21-5-3-19-31-43-35-24-12-7-13-25-35/h34-37,42-43H,2-33H2,1H3,(H,41,44,45,46). The monoisotopic (exact) mass is 667 g/mol. The van der Waals surface area contributed by atoms with Gasteiger partial charge in [0.05, 0.1) is 0 Å². The minimum atomic E-state index is 0.553. The summed E-state index contributed by atoms with van der Waals surface area (Å²) in [5.41, 5.74) is 0. The van der Waals surface area contributed by atoms with Gasteiger partial charge in [0.25, 0.3) is 0 Å². The lowest BCUT2D eigenvalue weighted by molar-refractivity contribution is 0.369. The summed E-state index contributed by atoms with van der Waals surface area (Å²) < 4.78 is 0.